The Morgan fingerprint density at radius 1 is 1.12 bits per heavy atom. The van der Waals surface area contributed by atoms with Crippen molar-refractivity contribution in [1.82, 2.24) is 24.8 Å². The molecule has 2 N–H and O–H groups in total. The number of fused-ring (bicyclic) bond motifs is 1. The molecular formula is C26H24N6O2. The summed E-state index contributed by atoms with van der Waals surface area (Å²) in [4.78, 5) is 43.2. The number of amides is 1. The summed E-state index contributed by atoms with van der Waals surface area (Å²) < 4.78 is 0. The largest absolute Gasteiger partial charge is 0.364 e. The molecule has 1 amide bonds. The summed E-state index contributed by atoms with van der Waals surface area (Å²) in [6.07, 6.45) is 8.28. The van der Waals surface area contributed by atoms with Crippen molar-refractivity contribution in [2.24, 2.45) is 5.41 Å². The summed E-state index contributed by atoms with van der Waals surface area (Å²) >= 11 is 0. The fourth-order valence-corrected chi connectivity index (χ4v) is 5.20. The van der Waals surface area contributed by atoms with Crippen LogP contribution in [0.5, 0.6) is 0 Å². The number of para-hydroxylation sites is 1. The molecular weight excluding hydrogens is 428 g/mol. The molecule has 34 heavy (non-hydrogen) atoms. The molecule has 1 spiro atoms. The molecule has 8 heteroatoms. The second kappa shape index (κ2) is 8.06. The van der Waals surface area contributed by atoms with E-state index in [0.29, 0.717) is 24.5 Å². The monoisotopic (exact) mass is 452 g/mol. The van der Waals surface area contributed by atoms with Gasteiger partial charge < -0.3 is 15.2 Å². The molecule has 6 rings (SSSR count). The number of aromatic amines is 1. The molecule has 4 heterocycles. The summed E-state index contributed by atoms with van der Waals surface area (Å²) in [5.41, 5.74) is 1.87. The molecule has 0 radical (unpaired) electrons. The highest BCUT2D eigenvalue weighted by Gasteiger charge is 2.51. The Balaban J connectivity index is 1.35. The maximum atomic E-state index is 13.2. The van der Waals surface area contributed by atoms with Crippen molar-refractivity contribution in [3.8, 4) is 11.4 Å². The van der Waals surface area contributed by atoms with E-state index in [9.17, 15) is 9.59 Å². The van der Waals surface area contributed by atoms with Gasteiger partial charge in [0.1, 0.15) is 5.82 Å². The number of H-pyrrole nitrogens is 1. The summed E-state index contributed by atoms with van der Waals surface area (Å²) in [6, 6.07) is 14.9. The predicted octanol–water partition coefficient (Wildman–Crippen LogP) is 3.49. The van der Waals surface area contributed by atoms with Crippen molar-refractivity contribution >= 4 is 22.6 Å². The molecule has 1 saturated carbocycles. The molecule has 2 fully saturated rings. The smallest absolute Gasteiger partial charge is 0.254 e. The molecule has 1 saturated heterocycles. The van der Waals surface area contributed by atoms with Crippen molar-refractivity contribution in [3.05, 3.63) is 83.0 Å². The Bertz CT molecular complexity index is 1430. The van der Waals surface area contributed by atoms with E-state index < -0.39 is 0 Å². The van der Waals surface area contributed by atoms with Gasteiger partial charge in [-0.1, -0.05) is 18.6 Å². The Morgan fingerprint density at radius 3 is 2.76 bits per heavy atom. The lowest BCUT2D eigenvalue weighted by Crippen LogP contribution is -2.45. The SMILES string of the molecule is O=C(c1cc[nH]c(=O)c1)N1CC(Nc2nc(-c3cccnc3)nc3ccccc23)C2(CCC2)C1. The lowest BCUT2D eigenvalue weighted by Gasteiger charge is -2.43. The first-order valence-corrected chi connectivity index (χ1v) is 11.5. The number of carbonyl (C=O) groups is 1. The number of nitrogens with one attached hydrogen (secondary N) is 2. The Morgan fingerprint density at radius 2 is 2.00 bits per heavy atom. The van der Waals surface area contributed by atoms with Crippen LogP contribution in [0, 0.1) is 5.41 Å². The van der Waals surface area contributed by atoms with E-state index in [2.05, 4.69) is 15.3 Å². The van der Waals surface area contributed by atoms with E-state index in [0.717, 1.165) is 41.5 Å². The van der Waals surface area contributed by atoms with Gasteiger partial charge in [-0.05, 0) is 43.2 Å². The number of rotatable bonds is 4. The van der Waals surface area contributed by atoms with E-state index in [4.69, 9.17) is 9.97 Å². The first kappa shape index (κ1) is 20.5. The highest BCUT2D eigenvalue weighted by atomic mass is 16.2. The van der Waals surface area contributed by atoms with Gasteiger partial charge in [0.05, 0.1) is 11.6 Å². The Hall–Kier alpha value is -4.07. The lowest BCUT2D eigenvalue weighted by molar-refractivity contribution is 0.0729. The third-order valence-corrected chi connectivity index (χ3v) is 7.14. The number of benzene rings is 1. The number of likely N-dealkylation sites (tertiary alicyclic amines) is 1. The quantitative estimate of drug-likeness (QED) is 0.491. The van der Waals surface area contributed by atoms with Crippen LogP contribution in [0.4, 0.5) is 5.82 Å². The summed E-state index contributed by atoms with van der Waals surface area (Å²) in [7, 11) is 0. The van der Waals surface area contributed by atoms with Gasteiger partial charge in [-0.3, -0.25) is 14.6 Å². The number of aromatic nitrogens is 4. The molecule has 8 nitrogen and oxygen atoms in total. The van der Waals surface area contributed by atoms with Gasteiger partial charge in [0.2, 0.25) is 5.56 Å². The first-order chi connectivity index (χ1) is 16.6. The van der Waals surface area contributed by atoms with Crippen molar-refractivity contribution < 1.29 is 4.79 Å². The van der Waals surface area contributed by atoms with Gasteiger partial charge in [-0.2, -0.15) is 0 Å². The highest BCUT2D eigenvalue weighted by Crippen LogP contribution is 2.49. The normalized spacial score (nSPS) is 18.7. The van der Waals surface area contributed by atoms with Crippen LogP contribution in [-0.2, 0) is 0 Å². The highest BCUT2D eigenvalue weighted by molar-refractivity contribution is 5.94. The van der Waals surface area contributed by atoms with Crippen molar-refractivity contribution in [2.75, 3.05) is 18.4 Å². The number of anilines is 1. The Kier molecular flexibility index (Phi) is 4.86. The van der Waals surface area contributed by atoms with Crippen LogP contribution in [0.2, 0.25) is 0 Å². The second-order valence-corrected chi connectivity index (χ2v) is 9.19. The van der Waals surface area contributed by atoms with Crippen LogP contribution in [0.1, 0.15) is 29.6 Å². The standard InChI is InChI=1S/C26H24N6O2/c33-22-13-17(8-12-28-22)25(34)32-15-21(26(16-32)9-4-10-26)30-24-19-6-1-2-7-20(19)29-23(31-24)18-5-3-11-27-14-18/h1-3,5-8,11-14,21H,4,9-10,15-16H2,(H,28,33)(H,29,30,31). The molecule has 1 aliphatic carbocycles. The maximum Gasteiger partial charge on any atom is 0.254 e. The van der Waals surface area contributed by atoms with E-state index in [-0.39, 0.29) is 22.9 Å². The van der Waals surface area contributed by atoms with Gasteiger partial charge >= 0.3 is 0 Å². The van der Waals surface area contributed by atoms with Crippen LogP contribution in [0.3, 0.4) is 0 Å². The predicted molar refractivity (Wildman–Crippen MR) is 129 cm³/mol. The van der Waals surface area contributed by atoms with Gasteiger partial charge in [0.15, 0.2) is 5.82 Å². The second-order valence-electron chi connectivity index (χ2n) is 9.19. The van der Waals surface area contributed by atoms with Crippen LogP contribution < -0.4 is 10.9 Å². The van der Waals surface area contributed by atoms with E-state index in [1.807, 2.05) is 41.3 Å². The third-order valence-electron chi connectivity index (χ3n) is 7.14. The average Bonchev–Trinajstić information content (AvgIpc) is 3.24. The molecule has 4 aromatic rings. The zero-order valence-corrected chi connectivity index (χ0v) is 18.6. The average molecular weight is 453 g/mol. The minimum atomic E-state index is -0.270. The lowest BCUT2D eigenvalue weighted by atomic mass is 9.65. The first-order valence-electron chi connectivity index (χ1n) is 11.5. The number of hydrogen-bond acceptors (Lipinski definition) is 6. The van der Waals surface area contributed by atoms with Crippen LogP contribution in [-0.4, -0.2) is 49.9 Å². The number of carbonyl (C=O) groups excluding carboxylic acids is 1. The maximum absolute atomic E-state index is 13.2. The number of nitrogens with zero attached hydrogens (tertiary/aromatic N) is 4. The summed E-state index contributed by atoms with van der Waals surface area (Å²) in [5.74, 6) is 1.28. The fraction of sp³-hybridized carbons (Fsp3) is 0.269. The van der Waals surface area contributed by atoms with E-state index >= 15 is 0 Å². The van der Waals surface area contributed by atoms with Gasteiger partial charge in [0.25, 0.3) is 5.91 Å². The van der Waals surface area contributed by atoms with Gasteiger partial charge in [0, 0.05) is 59.7 Å². The molecule has 2 aliphatic rings. The van der Waals surface area contributed by atoms with Crippen LogP contribution >= 0.6 is 0 Å². The molecule has 170 valence electrons. The van der Waals surface area contributed by atoms with Crippen LogP contribution in [0.15, 0.2) is 71.9 Å². The van der Waals surface area contributed by atoms with Gasteiger partial charge in [-0.15, -0.1) is 0 Å². The fourth-order valence-electron chi connectivity index (χ4n) is 5.20. The molecule has 0 bridgehead atoms. The van der Waals surface area contributed by atoms with Crippen molar-refractivity contribution in [1.29, 1.82) is 0 Å². The zero-order chi connectivity index (χ0) is 23.1. The third kappa shape index (κ3) is 3.51. The van der Waals surface area contributed by atoms with E-state index in [1.165, 1.54) is 12.3 Å². The number of pyridine rings is 2. The molecule has 3 aromatic heterocycles. The zero-order valence-electron chi connectivity index (χ0n) is 18.6. The summed E-state index contributed by atoms with van der Waals surface area (Å²) in [6.45, 7) is 1.24. The van der Waals surface area contributed by atoms with E-state index in [1.54, 1.807) is 18.5 Å². The van der Waals surface area contributed by atoms with Crippen molar-refractivity contribution in [2.45, 2.75) is 25.3 Å². The van der Waals surface area contributed by atoms with Crippen LogP contribution in [0.25, 0.3) is 22.3 Å². The summed E-state index contributed by atoms with van der Waals surface area (Å²) in [5, 5.41) is 4.65. The van der Waals surface area contributed by atoms with Crippen molar-refractivity contribution in [3.63, 3.8) is 0 Å². The van der Waals surface area contributed by atoms with Gasteiger partial charge in [-0.25, -0.2) is 9.97 Å². The minimum Gasteiger partial charge on any atom is -0.364 e. The Labute approximate surface area is 196 Å². The number of hydrogen-bond donors (Lipinski definition) is 2. The molecule has 1 atom stereocenters. The molecule has 1 aliphatic heterocycles. The topological polar surface area (TPSA) is 104 Å². The molecule has 1 unspecified atom stereocenters. The minimum absolute atomic E-state index is 0.0113. The molecule has 1 aromatic carbocycles.